The molecule has 0 aromatic rings. The molecule has 1 saturated heterocycles. The Morgan fingerprint density at radius 2 is 2.12 bits per heavy atom. The molecule has 0 radical (unpaired) electrons. The fourth-order valence-electron chi connectivity index (χ4n) is 2.07. The van der Waals surface area contributed by atoms with Crippen LogP contribution in [-0.4, -0.2) is 69.2 Å². The lowest BCUT2D eigenvalue weighted by molar-refractivity contribution is 0.302. The molecule has 0 spiro atoms. The highest BCUT2D eigenvalue weighted by Crippen LogP contribution is 2.19. The number of hydrogen-bond donors (Lipinski definition) is 1. The first-order chi connectivity index (χ1) is 7.89. The van der Waals surface area contributed by atoms with Crippen LogP contribution in [0.15, 0.2) is 0 Å². The Morgan fingerprint density at radius 1 is 1.47 bits per heavy atom. The zero-order valence-corrected chi connectivity index (χ0v) is 12.1. The van der Waals surface area contributed by atoms with Crippen LogP contribution in [0.3, 0.4) is 0 Å². The highest BCUT2D eigenvalue weighted by Gasteiger charge is 2.35. The van der Waals surface area contributed by atoms with E-state index in [1.54, 1.807) is 11.2 Å². The molecule has 2 unspecified atom stereocenters. The normalized spacial score (nSPS) is 24.4. The van der Waals surface area contributed by atoms with Gasteiger partial charge in [0.1, 0.15) is 0 Å². The Morgan fingerprint density at radius 3 is 2.59 bits per heavy atom. The van der Waals surface area contributed by atoms with Crippen molar-refractivity contribution in [3.63, 3.8) is 0 Å². The van der Waals surface area contributed by atoms with Gasteiger partial charge in [-0.3, -0.25) is 0 Å². The molecule has 17 heavy (non-hydrogen) atoms. The summed E-state index contributed by atoms with van der Waals surface area (Å²) in [5.41, 5.74) is 0. The van der Waals surface area contributed by atoms with Crippen LogP contribution in [-0.2, 0) is 10.0 Å². The van der Waals surface area contributed by atoms with Crippen molar-refractivity contribution in [2.45, 2.75) is 31.6 Å². The van der Waals surface area contributed by atoms with Crippen LogP contribution in [0, 0.1) is 0 Å². The first-order valence-corrected chi connectivity index (χ1v) is 7.76. The van der Waals surface area contributed by atoms with Gasteiger partial charge in [0.25, 0.3) is 0 Å². The highest BCUT2D eigenvalue weighted by molar-refractivity contribution is 7.89. The van der Waals surface area contributed by atoms with Gasteiger partial charge in [0.05, 0.1) is 5.25 Å². The number of sulfonamides is 1. The molecule has 6 heteroatoms. The summed E-state index contributed by atoms with van der Waals surface area (Å²) in [5, 5.41) is 2.75. The minimum Gasteiger partial charge on any atom is -0.316 e. The van der Waals surface area contributed by atoms with Gasteiger partial charge < -0.3 is 10.2 Å². The fraction of sp³-hybridized carbons (Fsp3) is 1.00. The van der Waals surface area contributed by atoms with E-state index in [0.717, 1.165) is 13.0 Å². The molecule has 5 nitrogen and oxygen atoms in total. The molecule has 1 rings (SSSR count). The third kappa shape index (κ3) is 3.64. The Bertz CT molecular complexity index is 330. The molecule has 1 fully saturated rings. The maximum atomic E-state index is 12.3. The van der Waals surface area contributed by atoms with Crippen LogP contribution in [0.2, 0.25) is 0 Å². The van der Waals surface area contributed by atoms with Gasteiger partial charge in [-0.25, -0.2) is 12.7 Å². The van der Waals surface area contributed by atoms with Gasteiger partial charge in [-0.1, -0.05) is 6.92 Å². The van der Waals surface area contributed by atoms with Crippen molar-refractivity contribution < 1.29 is 8.42 Å². The van der Waals surface area contributed by atoms with Crippen LogP contribution in [0.5, 0.6) is 0 Å². The molecule has 1 aliphatic rings. The zero-order valence-electron chi connectivity index (χ0n) is 11.3. The SMILES string of the molecule is CCNCC(C)S(=O)(=O)N1CCC(N(C)C)C1. The molecule has 2 atom stereocenters. The number of nitrogens with one attached hydrogen (secondary N) is 1. The van der Waals surface area contributed by atoms with Gasteiger partial charge in [0, 0.05) is 25.7 Å². The molecule has 0 bridgehead atoms. The van der Waals surface area contributed by atoms with Gasteiger partial charge in [0.15, 0.2) is 0 Å². The Hall–Kier alpha value is -0.170. The predicted octanol–water partition coefficient (Wildman–Crippen LogP) is -0.0499. The van der Waals surface area contributed by atoms with E-state index in [-0.39, 0.29) is 5.25 Å². The van der Waals surface area contributed by atoms with Gasteiger partial charge >= 0.3 is 0 Å². The minimum atomic E-state index is -3.13. The van der Waals surface area contributed by atoms with Crippen molar-refractivity contribution in [1.29, 1.82) is 0 Å². The number of likely N-dealkylation sites (N-methyl/N-ethyl adjacent to an activating group) is 1. The van der Waals surface area contributed by atoms with Crippen LogP contribution < -0.4 is 5.32 Å². The summed E-state index contributed by atoms with van der Waals surface area (Å²) in [4.78, 5) is 2.10. The average molecular weight is 263 g/mol. The van der Waals surface area contributed by atoms with Gasteiger partial charge in [-0.05, 0) is 34.0 Å². The molecule has 0 saturated carbocycles. The molecule has 0 aromatic heterocycles. The van der Waals surface area contributed by atoms with E-state index in [0.29, 0.717) is 25.7 Å². The quantitative estimate of drug-likeness (QED) is 0.730. The number of rotatable bonds is 6. The van der Waals surface area contributed by atoms with Crippen molar-refractivity contribution in [2.75, 3.05) is 40.3 Å². The van der Waals surface area contributed by atoms with E-state index in [1.807, 2.05) is 21.0 Å². The van der Waals surface area contributed by atoms with E-state index < -0.39 is 10.0 Å². The standard InChI is InChI=1S/C11H25N3O2S/c1-5-12-8-10(2)17(15,16)14-7-6-11(9-14)13(3)4/h10-12H,5-9H2,1-4H3. The molecule has 0 aromatic carbocycles. The summed E-state index contributed by atoms with van der Waals surface area (Å²) in [5.74, 6) is 0. The monoisotopic (exact) mass is 263 g/mol. The second-order valence-electron chi connectivity index (χ2n) is 4.93. The summed E-state index contributed by atoms with van der Waals surface area (Å²) >= 11 is 0. The molecule has 0 aliphatic carbocycles. The largest absolute Gasteiger partial charge is 0.316 e. The lowest BCUT2D eigenvalue weighted by atomic mass is 10.2. The Labute approximate surface area is 105 Å². The first-order valence-electron chi connectivity index (χ1n) is 6.25. The van der Waals surface area contributed by atoms with E-state index in [2.05, 4.69) is 10.2 Å². The average Bonchev–Trinajstić information content (AvgIpc) is 2.75. The van der Waals surface area contributed by atoms with Crippen molar-refractivity contribution in [3.8, 4) is 0 Å². The van der Waals surface area contributed by atoms with Crippen LogP contribution in [0.4, 0.5) is 0 Å². The third-order valence-electron chi connectivity index (χ3n) is 3.41. The first kappa shape index (κ1) is 14.9. The summed E-state index contributed by atoms with van der Waals surface area (Å²) in [7, 11) is 0.872. The van der Waals surface area contributed by atoms with Gasteiger partial charge in [0.2, 0.25) is 10.0 Å². The van der Waals surface area contributed by atoms with Crippen molar-refractivity contribution in [3.05, 3.63) is 0 Å². The molecule has 1 N–H and O–H groups in total. The summed E-state index contributed by atoms with van der Waals surface area (Å²) in [6.45, 7) is 6.38. The zero-order chi connectivity index (χ0) is 13.1. The van der Waals surface area contributed by atoms with Crippen LogP contribution >= 0.6 is 0 Å². The molecular weight excluding hydrogens is 238 g/mol. The topological polar surface area (TPSA) is 52.7 Å². The molecule has 102 valence electrons. The lowest BCUT2D eigenvalue weighted by Crippen LogP contribution is -2.42. The number of hydrogen-bond acceptors (Lipinski definition) is 4. The Balaban J connectivity index is 2.60. The van der Waals surface area contributed by atoms with Crippen molar-refractivity contribution in [1.82, 2.24) is 14.5 Å². The molecule has 1 heterocycles. The molecule has 1 aliphatic heterocycles. The molecule has 0 amide bonds. The maximum Gasteiger partial charge on any atom is 0.218 e. The minimum absolute atomic E-state index is 0.344. The van der Waals surface area contributed by atoms with Crippen LogP contribution in [0.25, 0.3) is 0 Å². The second-order valence-corrected chi connectivity index (χ2v) is 7.28. The smallest absolute Gasteiger partial charge is 0.218 e. The Kier molecular flexibility index (Phi) is 5.37. The van der Waals surface area contributed by atoms with E-state index >= 15 is 0 Å². The summed E-state index contributed by atoms with van der Waals surface area (Å²) in [6.07, 6.45) is 0.931. The van der Waals surface area contributed by atoms with Crippen LogP contribution in [0.1, 0.15) is 20.3 Å². The van der Waals surface area contributed by atoms with Crippen molar-refractivity contribution in [2.24, 2.45) is 0 Å². The predicted molar refractivity (Wildman–Crippen MR) is 70.6 cm³/mol. The maximum absolute atomic E-state index is 12.3. The highest BCUT2D eigenvalue weighted by atomic mass is 32.2. The fourth-order valence-corrected chi connectivity index (χ4v) is 3.65. The third-order valence-corrected chi connectivity index (χ3v) is 5.64. The lowest BCUT2D eigenvalue weighted by Gasteiger charge is -2.23. The second kappa shape index (κ2) is 6.13. The molecular formula is C11H25N3O2S. The van der Waals surface area contributed by atoms with Gasteiger partial charge in [-0.15, -0.1) is 0 Å². The van der Waals surface area contributed by atoms with E-state index in [1.165, 1.54) is 0 Å². The summed E-state index contributed by atoms with van der Waals surface area (Å²) < 4.78 is 26.2. The summed E-state index contributed by atoms with van der Waals surface area (Å²) in [6, 6.07) is 0.358. The van der Waals surface area contributed by atoms with Gasteiger partial charge in [-0.2, -0.15) is 0 Å². The van der Waals surface area contributed by atoms with Crippen molar-refractivity contribution >= 4 is 10.0 Å². The van der Waals surface area contributed by atoms with E-state index in [9.17, 15) is 8.42 Å². The number of nitrogens with zero attached hydrogens (tertiary/aromatic N) is 2. The van der Waals surface area contributed by atoms with E-state index in [4.69, 9.17) is 0 Å².